The zero-order valence-electron chi connectivity index (χ0n) is 11.6. The molecule has 0 fully saturated rings. The van der Waals surface area contributed by atoms with E-state index in [1.165, 1.54) is 11.1 Å². The molecule has 3 heteroatoms. The Kier molecular flexibility index (Phi) is 3.55. The summed E-state index contributed by atoms with van der Waals surface area (Å²) in [6, 6.07) is 15.0. The van der Waals surface area contributed by atoms with Crippen LogP contribution in [-0.4, -0.2) is 0 Å². The number of hydrogen-bond donors (Lipinski definition) is 1. The van der Waals surface area contributed by atoms with Crippen LogP contribution >= 0.6 is 27.5 Å². The van der Waals surface area contributed by atoms with E-state index >= 15 is 0 Å². The minimum atomic E-state index is 0.198. The van der Waals surface area contributed by atoms with Crippen molar-refractivity contribution in [2.45, 2.75) is 26.3 Å². The molecule has 0 amide bonds. The molecule has 0 saturated heterocycles. The fourth-order valence-corrected chi connectivity index (χ4v) is 3.44. The third-order valence-electron chi connectivity index (χ3n) is 4.02. The van der Waals surface area contributed by atoms with Crippen molar-refractivity contribution in [1.29, 1.82) is 0 Å². The summed E-state index contributed by atoms with van der Waals surface area (Å²) in [6.45, 7) is 4.62. The van der Waals surface area contributed by atoms with Gasteiger partial charge in [-0.3, -0.25) is 0 Å². The first kappa shape index (κ1) is 14.0. The van der Waals surface area contributed by atoms with E-state index in [0.29, 0.717) is 6.04 Å². The van der Waals surface area contributed by atoms with Gasteiger partial charge in [0.2, 0.25) is 0 Å². The number of hydrogen-bond acceptors (Lipinski definition) is 1. The SMILES string of the molecule is CC1(C)Cc2ccccc2C1Nc1ccc(Br)c(Cl)c1. The van der Waals surface area contributed by atoms with Gasteiger partial charge in [0.05, 0.1) is 11.1 Å². The molecule has 0 heterocycles. The lowest BCUT2D eigenvalue weighted by Gasteiger charge is -2.29. The van der Waals surface area contributed by atoms with Crippen LogP contribution in [0.25, 0.3) is 0 Å². The van der Waals surface area contributed by atoms with Crippen molar-refractivity contribution in [2.24, 2.45) is 5.41 Å². The molecule has 0 radical (unpaired) electrons. The summed E-state index contributed by atoms with van der Waals surface area (Å²) in [5, 5.41) is 4.39. The van der Waals surface area contributed by atoms with Gasteiger partial charge in [-0.1, -0.05) is 49.7 Å². The van der Waals surface area contributed by atoms with Crippen LogP contribution in [0, 0.1) is 5.41 Å². The van der Waals surface area contributed by atoms with Crippen LogP contribution in [0.4, 0.5) is 5.69 Å². The van der Waals surface area contributed by atoms with Crippen LogP contribution in [0.2, 0.25) is 5.02 Å². The number of fused-ring (bicyclic) bond motifs is 1. The first-order valence-electron chi connectivity index (χ1n) is 6.77. The Hall–Kier alpha value is -0.990. The molecule has 0 saturated carbocycles. The predicted molar refractivity (Wildman–Crippen MR) is 89.4 cm³/mol. The Morgan fingerprint density at radius 1 is 1.20 bits per heavy atom. The largest absolute Gasteiger partial charge is 0.378 e. The molecule has 0 bridgehead atoms. The molecule has 2 aromatic carbocycles. The molecular formula is C17H17BrClN. The Morgan fingerprint density at radius 3 is 2.70 bits per heavy atom. The van der Waals surface area contributed by atoms with E-state index in [1.54, 1.807) is 0 Å². The fraction of sp³-hybridized carbons (Fsp3) is 0.294. The van der Waals surface area contributed by atoms with Gasteiger partial charge in [0.1, 0.15) is 0 Å². The van der Waals surface area contributed by atoms with Gasteiger partial charge in [-0.25, -0.2) is 0 Å². The van der Waals surface area contributed by atoms with Crippen LogP contribution in [0.5, 0.6) is 0 Å². The number of rotatable bonds is 2. The van der Waals surface area contributed by atoms with E-state index < -0.39 is 0 Å². The molecule has 1 unspecified atom stereocenters. The van der Waals surface area contributed by atoms with Crippen molar-refractivity contribution in [3.05, 3.63) is 63.1 Å². The van der Waals surface area contributed by atoms with Crippen LogP contribution in [0.3, 0.4) is 0 Å². The van der Waals surface area contributed by atoms with Gasteiger partial charge in [0, 0.05) is 10.2 Å². The lowest BCUT2D eigenvalue weighted by Crippen LogP contribution is -2.24. The quantitative estimate of drug-likeness (QED) is 0.717. The normalized spacial score (nSPS) is 19.7. The van der Waals surface area contributed by atoms with Crippen LogP contribution in [-0.2, 0) is 6.42 Å². The summed E-state index contributed by atoms with van der Waals surface area (Å²) in [6.07, 6.45) is 1.10. The van der Waals surface area contributed by atoms with Crippen molar-refractivity contribution in [3.8, 4) is 0 Å². The molecule has 2 aromatic rings. The summed E-state index contributed by atoms with van der Waals surface area (Å²) in [5.41, 5.74) is 4.10. The number of nitrogens with one attached hydrogen (secondary N) is 1. The molecule has 0 aliphatic heterocycles. The molecule has 1 N–H and O–H groups in total. The second-order valence-electron chi connectivity index (χ2n) is 6.07. The topological polar surface area (TPSA) is 12.0 Å². The molecule has 20 heavy (non-hydrogen) atoms. The monoisotopic (exact) mass is 349 g/mol. The third-order valence-corrected chi connectivity index (χ3v) is 5.26. The van der Waals surface area contributed by atoms with Crippen LogP contribution in [0.1, 0.15) is 31.0 Å². The maximum absolute atomic E-state index is 6.18. The molecule has 1 aliphatic rings. The number of anilines is 1. The molecule has 0 aromatic heterocycles. The van der Waals surface area contributed by atoms with Crippen LogP contribution in [0.15, 0.2) is 46.9 Å². The highest BCUT2D eigenvalue weighted by Crippen LogP contribution is 2.47. The van der Waals surface area contributed by atoms with Crippen molar-refractivity contribution in [3.63, 3.8) is 0 Å². The van der Waals surface area contributed by atoms with Crippen molar-refractivity contribution in [2.75, 3.05) is 5.32 Å². The minimum absolute atomic E-state index is 0.198. The molecule has 0 spiro atoms. The lowest BCUT2D eigenvalue weighted by molar-refractivity contribution is 0.337. The van der Waals surface area contributed by atoms with Gasteiger partial charge in [0.25, 0.3) is 0 Å². The summed E-state index contributed by atoms with van der Waals surface area (Å²) < 4.78 is 0.927. The van der Waals surface area contributed by atoms with E-state index in [4.69, 9.17) is 11.6 Å². The number of halogens is 2. The Morgan fingerprint density at radius 2 is 1.95 bits per heavy atom. The van der Waals surface area contributed by atoms with Gasteiger partial charge in [-0.15, -0.1) is 0 Å². The van der Waals surface area contributed by atoms with Crippen LogP contribution < -0.4 is 5.32 Å². The number of benzene rings is 2. The highest BCUT2D eigenvalue weighted by Gasteiger charge is 2.38. The van der Waals surface area contributed by atoms with Gasteiger partial charge in [0.15, 0.2) is 0 Å². The first-order valence-corrected chi connectivity index (χ1v) is 7.94. The first-order chi connectivity index (χ1) is 9.47. The summed E-state index contributed by atoms with van der Waals surface area (Å²) in [7, 11) is 0. The summed E-state index contributed by atoms with van der Waals surface area (Å²) >= 11 is 9.61. The highest BCUT2D eigenvalue weighted by atomic mass is 79.9. The molecule has 3 rings (SSSR count). The van der Waals surface area contributed by atoms with Gasteiger partial charge < -0.3 is 5.32 Å². The molecule has 1 atom stereocenters. The third kappa shape index (κ3) is 2.47. The average Bonchev–Trinajstić information content (AvgIpc) is 2.65. The van der Waals surface area contributed by atoms with Crippen molar-refractivity contribution in [1.82, 2.24) is 0 Å². The Bertz CT molecular complexity index is 651. The zero-order valence-corrected chi connectivity index (χ0v) is 13.9. The molecular weight excluding hydrogens is 334 g/mol. The standard InChI is InChI=1S/C17H17BrClN/c1-17(2)10-11-5-3-4-6-13(11)16(17)20-12-7-8-14(18)15(19)9-12/h3-9,16,20H,10H2,1-2H3. The second kappa shape index (κ2) is 5.09. The second-order valence-corrected chi connectivity index (χ2v) is 7.33. The molecule has 1 aliphatic carbocycles. The van der Waals surface area contributed by atoms with E-state index in [9.17, 15) is 0 Å². The lowest BCUT2D eigenvalue weighted by atomic mass is 9.85. The minimum Gasteiger partial charge on any atom is -0.378 e. The van der Waals surface area contributed by atoms with Gasteiger partial charge in [-0.2, -0.15) is 0 Å². The summed E-state index contributed by atoms with van der Waals surface area (Å²) in [4.78, 5) is 0. The maximum Gasteiger partial charge on any atom is 0.0570 e. The zero-order chi connectivity index (χ0) is 14.3. The highest BCUT2D eigenvalue weighted by molar-refractivity contribution is 9.10. The van der Waals surface area contributed by atoms with E-state index in [-0.39, 0.29) is 5.41 Å². The Balaban J connectivity index is 1.94. The van der Waals surface area contributed by atoms with Crippen molar-refractivity contribution >= 4 is 33.2 Å². The molecule has 104 valence electrons. The van der Waals surface area contributed by atoms with Gasteiger partial charge in [-0.05, 0) is 57.1 Å². The Labute approximate surface area is 133 Å². The maximum atomic E-state index is 6.18. The summed E-state index contributed by atoms with van der Waals surface area (Å²) in [5.74, 6) is 0. The molecule has 1 nitrogen and oxygen atoms in total. The van der Waals surface area contributed by atoms with E-state index in [1.807, 2.05) is 12.1 Å². The fourth-order valence-electron chi connectivity index (χ4n) is 3.02. The van der Waals surface area contributed by atoms with E-state index in [0.717, 1.165) is 21.6 Å². The van der Waals surface area contributed by atoms with E-state index in [2.05, 4.69) is 65.4 Å². The average molecular weight is 351 g/mol. The predicted octanol–water partition coefficient (Wildman–Crippen LogP) is 5.84. The smallest absolute Gasteiger partial charge is 0.0570 e. The van der Waals surface area contributed by atoms with Crippen molar-refractivity contribution < 1.29 is 0 Å². The van der Waals surface area contributed by atoms with Gasteiger partial charge >= 0.3 is 0 Å².